The van der Waals surface area contributed by atoms with Crippen LogP contribution in [0, 0.1) is 11.3 Å². The zero-order valence-corrected chi connectivity index (χ0v) is 14.2. The van der Waals surface area contributed by atoms with Gasteiger partial charge in [0, 0.05) is 18.6 Å². The lowest BCUT2D eigenvalue weighted by Crippen LogP contribution is -2.51. The molecule has 114 valence electrons. The molecular formula is C17H36N2. The molecule has 0 radical (unpaired) electrons. The monoisotopic (exact) mass is 268 g/mol. The highest BCUT2D eigenvalue weighted by molar-refractivity contribution is 4.92. The van der Waals surface area contributed by atoms with Crippen molar-refractivity contribution in [2.45, 2.75) is 72.3 Å². The minimum Gasteiger partial charge on any atom is -0.316 e. The normalized spacial score (nSPS) is 28.9. The van der Waals surface area contributed by atoms with Crippen molar-refractivity contribution in [2.24, 2.45) is 11.3 Å². The van der Waals surface area contributed by atoms with E-state index in [0.717, 1.165) is 12.5 Å². The second kappa shape index (κ2) is 7.08. The second-order valence-electron chi connectivity index (χ2n) is 7.50. The summed E-state index contributed by atoms with van der Waals surface area (Å²) in [5, 5.41) is 3.63. The highest BCUT2D eigenvalue weighted by Crippen LogP contribution is 2.40. The van der Waals surface area contributed by atoms with Gasteiger partial charge in [-0.05, 0) is 58.0 Å². The van der Waals surface area contributed by atoms with E-state index < -0.39 is 0 Å². The number of nitrogens with one attached hydrogen (secondary N) is 1. The van der Waals surface area contributed by atoms with Crippen molar-refractivity contribution in [1.29, 1.82) is 0 Å². The molecule has 0 heterocycles. The molecule has 1 rings (SSSR count). The summed E-state index contributed by atoms with van der Waals surface area (Å²) in [6.45, 7) is 15.2. The maximum atomic E-state index is 3.63. The first kappa shape index (κ1) is 17.0. The van der Waals surface area contributed by atoms with E-state index in [-0.39, 0.29) is 0 Å². The largest absolute Gasteiger partial charge is 0.316 e. The van der Waals surface area contributed by atoms with Crippen molar-refractivity contribution in [2.75, 3.05) is 26.7 Å². The Morgan fingerprint density at radius 1 is 1.32 bits per heavy atom. The SMILES string of the molecule is CCNCC1(CN(C)C(C)(C)CC)CCCC(C)C1. The summed E-state index contributed by atoms with van der Waals surface area (Å²) in [7, 11) is 2.32. The number of hydrogen-bond acceptors (Lipinski definition) is 2. The summed E-state index contributed by atoms with van der Waals surface area (Å²) >= 11 is 0. The van der Waals surface area contributed by atoms with Crippen LogP contribution in [0.2, 0.25) is 0 Å². The van der Waals surface area contributed by atoms with Crippen LogP contribution in [0.5, 0.6) is 0 Å². The first-order valence-corrected chi connectivity index (χ1v) is 8.27. The Bertz CT molecular complexity index is 262. The van der Waals surface area contributed by atoms with Gasteiger partial charge in [-0.2, -0.15) is 0 Å². The minimum atomic E-state index is 0.319. The third-order valence-corrected chi connectivity index (χ3v) is 5.41. The third kappa shape index (κ3) is 4.75. The Hall–Kier alpha value is -0.0800. The lowest BCUT2D eigenvalue weighted by Gasteiger charge is -2.46. The molecule has 0 aromatic carbocycles. The maximum absolute atomic E-state index is 3.63. The Morgan fingerprint density at radius 2 is 2.00 bits per heavy atom. The van der Waals surface area contributed by atoms with Crippen LogP contribution in [0.25, 0.3) is 0 Å². The number of nitrogens with zero attached hydrogens (tertiary/aromatic N) is 1. The summed E-state index contributed by atoms with van der Waals surface area (Å²) in [5.74, 6) is 0.894. The molecule has 19 heavy (non-hydrogen) atoms. The molecule has 2 heteroatoms. The topological polar surface area (TPSA) is 15.3 Å². The molecular weight excluding hydrogens is 232 g/mol. The van der Waals surface area contributed by atoms with Gasteiger partial charge in [0.15, 0.2) is 0 Å². The standard InChI is InChI=1S/C17H36N2/c1-7-16(4,5)19(6)14-17(13-18-8-2)11-9-10-15(3)12-17/h15,18H,7-14H2,1-6H3. The maximum Gasteiger partial charge on any atom is 0.0147 e. The quantitative estimate of drug-likeness (QED) is 0.753. The first-order valence-electron chi connectivity index (χ1n) is 8.27. The highest BCUT2D eigenvalue weighted by atomic mass is 15.2. The second-order valence-corrected chi connectivity index (χ2v) is 7.50. The molecule has 0 saturated heterocycles. The summed E-state index contributed by atoms with van der Waals surface area (Å²) in [5.41, 5.74) is 0.814. The van der Waals surface area contributed by atoms with E-state index in [4.69, 9.17) is 0 Å². The van der Waals surface area contributed by atoms with Crippen LogP contribution in [0.1, 0.15) is 66.7 Å². The van der Waals surface area contributed by atoms with Crippen molar-refractivity contribution in [3.63, 3.8) is 0 Å². The highest BCUT2D eigenvalue weighted by Gasteiger charge is 2.37. The molecule has 2 nitrogen and oxygen atoms in total. The lowest BCUT2D eigenvalue weighted by atomic mass is 9.69. The van der Waals surface area contributed by atoms with Gasteiger partial charge in [-0.15, -0.1) is 0 Å². The smallest absolute Gasteiger partial charge is 0.0147 e. The van der Waals surface area contributed by atoms with Crippen molar-refractivity contribution in [3.05, 3.63) is 0 Å². The first-order chi connectivity index (χ1) is 8.85. The predicted octanol–water partition coefficient (Wildman–Crippen LogP) is 3.91. The summed E-state index contributed by atoms with van der Waals surface area (Å²) in [6.07, 6.45) is 6.84. The van der Waals surface area contributed by atoms with Crippen molar-refractivity contribution < 1.29 is 0 Å². The molecule has 0 bridgehead atoms. The lowest BCUT2D eigenvalue weighted by molar-refractivity contribution is 0.0430. The van der Waals surface area contributed by atoms with Crippen LogP contribution in [0.4, 0.5) is 0 Å². The van der Waals surface area contributed by atoms with E-state index in [9.17, 15) is 0 Å². The number of hydrogen-bond donors (Lipinski definition) is 1. The van der Waals surface area contributed by atoms with Gasteiger partial charge in [0.25, 0.3) is 0 Å². The van der Waals surface area contributed by atoms with Crippen molar-refractivity contribution >= 4 is 0 Å². The van der Waals surface area contributed by atoms with Gasteiger partial charge in [0.1, 0.15) is 0 Å². The Labute approximate surface area is 121 Å². The van der Waals surface area contributed by atoms with Crippen LogP contribution in [0.15, 0.2) is 0 Å². The zero-order valence-electron chi connectivity index (χ0n) is 14.2. The van der Waals surface area contributed by atoms with Gasteiger partial charge in [-0.25, -0.2) is 0 Å². The van der Waals surface area contributed by atoms with E-state index in [1.54, 1.807) is 0 Å². The molecule has 0 aromatic heterocycles. The van der Waals surface area contributed by atoms with Gasteiger partial charge >= 0.3 is 0 Å². The Kier molecular flexibility index (Phi) is 6.32. The Morgan fingerprint density at radius 3 is 2.53 bits per heavy atom. The molecule has 0 spiro atoms. The van der Waals surface area contributed by atoms with E-state index in [1.807, 2.05) is 0 Å². The molecule has 1 aliphatic rings. The predicted molar refractivity (Wildman–Crippen MR) is 85.6 cm³/mol. The molecule has 1 aliphatic carbocycles. The molecule has 2 atom stereocenters. The average Bonchev–Trinajstić information content (AvgIpc) is 2.36. The molecule has 0 amide bonds. The number of rotatable bonds is 7. The van der Waals surface area contributed by atoms with Crippen LogP contribution >= 0.6 is 0 Å². The molecule has 0 aromatic rings. The molecule has 1 saturated carbocycles. The van der Waals surface area contributed by atoms with Crippen molar-refractivity contribution in [3.8, 4) is 0 Å². The van der Waals surface area contributed by atoms with E-state index in [1.165, 1.54) is 45.2 Å². The summed E-state index contributed by atoms with van der Waals surface area (Å²) in [6, 6.07) is 0. The fraction of sp³-hybridized carbons (Fsp3) is 1.00. The van der Waals surface area contributed by atoms with Crippen LogP contribution in [0.3, 0.4) is 0 Å². The van der Waals surface area contributed by atoms with Gasteiger partial charge in [-0.1, -0.05) is 33.6 Å². The zero-order chi connectivity index (χ0) is 14.5. The molecule has 1 fully saturated rings. The molecule has 1 N–H and O–H groups in total. The van der Waals surface area contributed by atoms with Crippen LogP contribution in [-0.2, 0) is 0 Å². The minimum absolute atomic E-state index is 0.319. The van der Waals surface area contributed by atoms with E-state index >= 15 is 0 Å². The van der Waals surface area contributed by atoms with Crippen LogP contribution < -0.4 is 5.32 Å². The average molecular weight is 268 g/mol. The van der Waals surface area contributed by atoms with E-state index in [2.05, 4.69) is 51.9 Å². The summed E-state index contributed by atoms with van der Waals surface area (Å²) < 4.78 is 0. The van der Waals surface area contributed by atoms with Crippen molar-refractivity contribution in [1.82, 2.24) is 10.2 Å². The third-order valence-electron chi connectivity index (χ3n) is 5.41. The molecule has 2 unspecified atom stereocenters. The van der Waals surface area contributed by atoms with Crippen LogP contribution in [-0.4, -0.2) is 37.1 Å². The van der Waals surface area contributed by atoms with Gasteiger partial charge in [0.05, 0.1) is 0 Å². The fourth-order valence-electron chi connectivity index (χ4n) is 3.51. The fourth-order valence-corrected chi connectivity index (χ4v) is 3.51. The van der Waals surface area contributed by atoms with Gasteiger partial charge in [-0.3, -0.25) is 0 Å². The van der Waals surface area contributed by atoms with E-state index in [0.29, 0.717) is 11.0 Å². The van der Waals surface area contributed by atoms with Gasteiger partial charge in [0.2, 0.25) is 0 Å². The van der Waals surface area contributed by atoms with Gasteiger partial charge < -0.3 is 10.2 Å². The summed E-state index contributed by atoms with van der Waals surface area (Å²) in [4.78, 5) is 2.60. The Balaban J connectivity index is 2.73. The molecule has 0 aliphatic heterocycles.